The number of aromatic nitrogens is 3. The van der Waals surface area contributed by atoms with Gasteiger partial charge in [0.05, 0.1) is 24.1 Å². The smallest absolute Gasteiger partial charge is 0.340 e. The Labute approximate surface area is 117 Å². The number of carbonyl (C=O) groups is 1. The molecule has 20 heavy (non-hydrogen) atoms. The monoisotopic (exact) mass is 273 g/mol. The number of aryl methyl sites for hydroxylation is 3. The summed E-state index contributed by atoms with van der Waals surface area (Å²) in [5.74, 6) is -0.262. The maximum Gasteiger partial charge on any atom is 0.340 e. The number of nitrogens with zero attached hydrogens (tertiary/aromatic N) is 2. The largest absolute Gasteiger partial charge is 0.462 e. The first-order valence-corrected chi connectivity index (χ1v) is 7.18. The molecule has 1 aliphatic rings. The van der Waals surface area contributed by atoms with Crippen molar-refractivity contribution in [1.29, 1.82) is 0 Å². The maximum absolute atomic E-state index is 12.1. The van der Waals surface area contributed by atoms with Crippen LogP contribution in [0.2, 0.25) is 0 Å². The fraction of sp³-hybridized carbons (Fsp3) is 0.467. The van der Waals surface area contributed by atoms with Crippen molar-refractivity contribution in [2.24, 2.45) is 0 Å². The normalized spacial score (nSPS) is 13.5. The van der Waals surface area contributed by atoms with Gasteiger partial charge in [-0.05, 0) is 38.7 Å². The molecule has 5 nitrogen and oxygen atoms in total. The van der Waals surface area contributed by atoms with Crippen molar-refractivity contribution in [2.75, 3.05) is 6.61 Å². The Bertz CT molecular complexity index is 640. The zero-order chi connectivity index (χ0) is 14.1. The third-order valence-electron chi connectivity index (χ3n) is 3.78. The van der Waals surface area contributed by atoms with E-state index in [0.717, 1.165) is 42.8 Å². The summed E-state index contributed by atoms with van der Waals surface area (Å²) in [7, 11) is 0. The van der Waals surface area contributed by atoms with E-state index in [1.54, 1.807) is 6.20 Å². The van der Waals surface area contributed by atoms with E-state index in [4.69, 9.17) is 4.74 Å². The molecule has 0 aliphatic heterocycles. The number of ether oxygens (including phenoxy) is 1. The molecule has 0 spiro atoms. The molecule has 106 valence electrons. The Kier molecular flexibility index (Phi) is 3.34. The standard InChI is InChI=1S/C15H19N3O2/c1-3-18-14-10(8-17-18)6-5-7-12-13(14)11(9-16-12)15(19)20-4-2/h8-9,16H,3-7H2,1-2H3. The topological polar surface area (TPSA) is 59.9 Å². The number of hydrogen-bond acceptors (Lipinski definition) is 3. The molecule has 2 heterocycles. The summed E-state index contributed by atoms with van der Waals surface area (Å²) >= 11 is 0. The van der Waals surface area contributed by atoms with Crippen LogP contribution in [0.15, 0.2) is 12.4 Å². The molecule has 0 fully saturated rings. The van der Waals surface area contributed by atoms with Crippen molar-refractivity contribution < 1.29 is 9.53 Å². The van der Waals surface area contributed by atoms with E-state index in [1.807, 2.05) is 17.8 Å². The highest BCUT2D eigenvalue weighted by Crippen LogP contribution is 2.35. The summed E-state index contributed by atoms with van der Waals surface area (Å²) in [5, 5.41) is 4.43. The van der Waals surface area contributed by atoms with Crippen molar-refractivity contribution in [3.8, 4) is 11.3 Å². The molecule has 0 saturated carbocycles. The van der Waals surface area contributed by atoms with E-state index in [9.17, 15) is 4.79 Å². The Morgan fingerprint density at radius 1 is 1.45 bits per heavy atom. The highest BCUT2D eigenvalue weighted by atomic mass is 16.5. The summed E-state index contributed by atoms with van der Waals surface area (Å²) in [6.45, 7) is 5.07. The van der Waals surface area contributed by atoms with E-state index in [2.05, 4.69) is 17.0 Å². The van der Waals surface area contributed by atoms with Crippen LogP contribution in [-0.2, 0) is 24.1 Å². The van der Waals surface area contributed by atoms with Gasteiger partial charge in [0.15, 0.2) is 0 Å². The number of H-pyrrole nitrogens is 1. The average Bonchev–Trinajstić information content (AvgIpc) is 2.99. The van der Waals surface area contributed by atoms with Gasteiger partial charge in [0.25, 0.3) is 0 Å². The molecule has 3 rings (SSSR count). The minimum absolute atomic E-state index is 0.262. The number of esters is 1. The summed E-state index contributed by atoms with van der Waals surface area (Å²) < 4.78 is 7.14. The molecule has 0 aromatic carbocycles. The Morgan fingerprint density at radius 3 is 3.05 bits per heavy atom. The molecule has 1 N–H and O–H groups in total. The lowest BCUT2D eigenvalue weighted by molar-refractivity contribution is 0.0527. The summed E-state index contributed by atoms with van der Waals surface area (Å²) in [5.41, 5.74) is 5.01. The molecule has 2 aromatic heterocycles. The predicted molar refractivity (Wildman–Crippen MR) is 75.7 cm³/mol. The molecule has 0 atom stereocenters. The van der Waals surface area contributed by atoms with Crippen LogP contribution in [0.25, 0.3) is 11.3 Å². The zero-order valence-electron chi connectivity index (χ0n) is 11.9. The van der Waals surface area contributed by atoms with E-state index in [0.29, 0.717) is 12.2 Å². The van der Waals surface area contributed by atoms with Crippen LogP contribution in [0.1, 0.15) is 41.9 Å². The second-order valence-corrected chi connectivity index (χ2v) is 4.96. The number of hydrogen-bond donors (Lipinski definition) is 1. The Morgan fingerprint density at radius 2 is 2.30 bits per heavy atom. The third kappa shape index (κ3) is 1.94. The van der Waals surface area contributed by atoms with E-state index in [-0.39, 0.29) is 5.97 Å². The Balaban J connectivity index is 2.18. The lowest BCUT2D eigenvalue weighted by Crippen LogP contribution is -2.07. The molecular formula is C15H19N3O2. The van der Waals surface area contributed by atoms with Crippen molar-refractivity contribution in [3.05, 3.63) is 29.2 Å². The molecule has 5 heteroatoms. The van der Waals surface area contributed by atoms with Crippen LogP contribution in [0.5, 0.6) is 0 Å². The van der Waals surface area contributed by atoms with Gasteiger partial charge in [0.1, 0.15) is 0 Å². The van der Waals surface area contributed by atoms with Crippen LogP contribution in [-0.4, -0.2) is 27.3 Å². The SMILES string of the molecule is CCOC(=O)c1c[nH]c2c1-c1c(cnn1CC)CCC2. The zero-order valence-corrected chi connectivity index (χ0v) is 11.9. The van der Waals surface area contributed by atoms with Crippen LogP contribution in [0.4, 0.5) is 0 Å². The van der Waals surface area contributed by atoms with E-state index in [1.165, 1.54) is 5.56 Å². The number of fused-ring (bicyclic) bond motifs is 3. The molecule has 0 bridgehead atoms. The number of nitrogens with one attached hydrogen (secondary N) is 1. The van der Waals surface area contributed by atoms with Crippen molar-refractivity contribution >= 4 is 5.97 Å². The predicted octanol–water partition coefficient (Wildman–Crippen LogP) is 2.56. The van der Waals surface area contributed by atoms with Crippen molar-refractivity contribution in [2.45, 2.75) is 39.7 Å². The number of aromatic amines is 1. The second kappa shape index (κ2) is 5.15. The first-order valence-electron chi connectivity index (χ1n) is 7.18. The van der Waals surface area contributed by atoms with Crippen molar-refractivity contribution in [3.63, 3.8) is 0 Å². The van der Waals surface area contributed by atoms with Crippen LogP contribution in [0.3, 0.4) is 0 Å². The lowest BCUT2D eigenvalue weighted by atomic mass is 10.0. The molecule has 1 aliphatic carbocycles. The van der Waals surface area contributed by atoms with Gasteiger partial charge in [-0.3, -0.25) is 4.68 Å². The van der Waals surface area contributed by atoms with E-state index >= 15 is 0 Å². The van der Waals surface area contributed by atoms with Crippen LogP contribution >= 0.6 is 0 Å². The minimum Gasteiger partial charge on any atom is -0.462 e. The van der Waals surface area contributed by atoms with Crippen molar-refractivity contribution in [1.82, 2.24) is 14.8 Å². The molecular weight excluding hydrogens is 254 g/mol. The van der Waals surface area contributed by atoms with Gasteiger partial charge in [-0.1, -0.05) is 0 Å². The summed E-state index contributed by atoms with van der Waals surface area (Å²) in [6, 6.07) is 0. The molecule has 0 saturated heterocycles. The molecule has 0 unspecified atom stereocenters. The van der Waals surface area contributed by atoms with Gasteiger partial charge in [0.2, 0.25) is 0 Å². The van der Waals surface area contributed by atoms with Gasteiger partial charge < -0.3 is 9.72 Å². The third-order valence-corrected chi connectivity index (χ3v) is 3.78. The van der Waals surface area contributed by atoms with Gasteiger partial charge in [-0.15, -0.1) is 0 Å². The number of carbonyl (C=O) groups excluding carboxylic acids is 1. The highest BCUT2D eigenvalue weighted by Gasteiger charge is 2.26. The molecule has 0 radical (unpaired) electrons. The summed E-state index contributed by atoms with van der Waals surface area (Å²) in [6.07, 6.45) is 6.71. The fourth-order valence-electron chi connectivity index (χ4n) is 2.90. The molecule has 0 amide bonds. The quantitative estimate of drug-likeness (QED) is 0.874. The van der Waals surface area contributed by atoms with Gasteiger partial charge in [0, 0.05) is 24.0 Å². The summed E-state index contributed by atoms with van der Waals surface area (Å²) in [4.78, 5) is 15.4. The molecule has 2 aromatic rings. The highest BCUT2D eigenvalue weighted by molar-refractivity contribution is 5.98. The average molecular weight is 273 g/mol. The lowest BCUT2D eigenvalue weighted by Gasteiger charge is -2.09. The van der Waals surface area contributed by atoms with E-state index < -0.39 is 0 Å². The van der Waals surface area contributed by atoms with Gasteiger partial charge in [-0.2, -0.15) is 5.10 Å². The first-order chi connectivity index (χ1) is 9.76. The van der Waals surface area contributed by atoms with Crippen LogP contribution in [0, 0.1) is 0 Å². The van der Waals surface area contributed by atoms with Gasteiger partial charge >= 0.3 is 5.97 Å². The minimum atomic E-state index is -0.262. The second-order valence-electron chi connectivity index (χ2n) is 4.96. The van der Waals surface area contributed by atoms with Gasteiger partial charge in [-0.25, -0.2) is 4.79 Å². The Hall–Kier alpha value is -2.04. The fourth-order valence-corrected chi connectivity index (χ4v) is 2.90. The first kappa shape index (κ1) is 13.0. The van der Waals surface area contributed by atoms with Crippen LogP contribution < -0.4 is 0 Å². The maximum atomic E-state index is 12.1. The number of rotatable bonds is 3.